The molecule has 2 aromatic carbocycles. The monoisotopic (exact) mass is 676 g/mol. The van der Waals surface area contributed by atoms with Gasteiger partial charge in [0.15, 0.2) is 18.9 Å². The van der Waals surface area contributed by atoms with Crippen LogP contribution >= 0.6 is 0 Å². The quantitative estimate of drug-likeness (QED) is 0.242. The van der Waals surface area contributed by atoms with Gasteiger partial charge in [0.05, 0.1) is 38.6 Å². The SMILES string of the molecule is CC1[C@H](C)OC(COCc2ccccc2)[C@H](O[C@H]2O[C@H](CO)[C@@H](O[C@H]3O[C@H]4COC(c5ccccc5)O[C@H]4C(O)C3O)C(O)C2O)[C@@H]1C. The molecular weight excluding hydrogens is 628 g/mol. The van der Waals surface area contributed by atoms with Crippen LogP contribution in [-0.4, -0.2) is 125 Å². The Hall–Kier alpha value is -2.08. The van der Waals surface area contributed by atoms with Crippen molar-refractivity contribution in [1.29, 1.82) is 0 Å². The highest BCUT2D eigenvalue weighted by molar-refractivity contribution is 5.17. The van der Waals surface area contributed by atoms with Crippen molar-refractivity contribution in [3.8, 4) is 0 Å². The van der Waals surface area contributed by atoms with Gasteiger partial charge in [-0.3, -0.25) is 0 Å². The number of aliphatic hydroxyl groups is 5. The lowest BCUT2D eigenvalue weighted by molar-refractivity contribution is -0.390. The lowest BCUT2D eigenvalue weighted by atomic mass is 9.82. The Morgan fingerprint density at radius 3 is 2.04 bits per heavy atom. The summed E-state index contributed by atoms with van der Waals surface area (Å²) in [4.78, 5) is 0. The first kappa shape index (κ1) is 35.7. The molecule has 4 aliphatic heterocycles. The van der Waals surface area contributed by atoms with Gasteiger partial charge in [-0.05, 0) is 24.3 Å². The summed E-state index contributed by atoms with van der Waals surface area (Å²) in [7, 11) is 0. The Balaban J connectivity index is 1.09. The van der Waals surface area contributed by atoms with Crippen LogP contribution in [0.25, 0.3) is 0 Å². The highest BCUT2D eigenvalue weighted by atomic mass is 16.8. The number of fused-ring (bicyclic) bond motifs is 1. The Morgan fingerprint density at radius 2 is 1.33 bits per heavy atom. The lowest BCUT2D eigenvalue weighted by Crippen LogP contribution is -2.66. The molecule has 6 rings (SSSR count). The molecule has 4 aliphatic rings. The van der Waals surface area contributed by atoms with Gasteiger partial charge < -0.3 is 63.4 Å². The van der Waals surface area contributed by atoms with Crippen LogP contribution in [0.15, 0.2) is 60.7 Å². The Morgan fingerprint density at radius 1 is 0.688 bits per heavy atom. The highest BCUT2D eigenvalue weighted by Gasteiger charge is 2.54. The molecule has 0 aromatic heterocycles. The van der Waals surface area contributed by atoms with E-state index in [9.17, 15) is 25.5 Å². The topological polar surface area (TPSA) is 175 Å². The smallest absolute Gasteiger partial charge is 0.187 e. The second kappa shape index (κ2) is 15.9. The van der Waals surface area contributed by atoms with Crippen LogP contribution in [0.1, 0.15) is 38.2 Å². The number of hydrogen-bond acceptors (Lipinski definition) is 13. The van der Waals surface area contributed by atoms with Crippen molar-refractivity contribution in [3.05, 3.63) is 71.8 Å². The molecule has 0 spiro atoms. The average Bonchev–Trinajstić information content (AvgIpc) is 3.11. The standard InChI is InChI=1S/C35H48O13/c1-18-19(2)30(24(43-20(18)3)16-41-15-21-10-6-4-7-11-21)46-34-28(39)26(37)31(23(14-36)44-34)48-35-29(40)27(38)32-25(45-35)17-42-33(47-32)22-12-8-5-9-13-22/h4-13,18-20,23-40H,14-17H2,1-3H3/t18?,19-,20+,23-,24?,25+,26?,27?,28?,29?,30-,31-,32-,33?,34-,35-/m1/s1. The Bertz CT molecular complexity index is 1270. The van der Waals surface area contributed by atoms with E-state index in [2.05, 4.69) is 6.92 Å². The molecule has 266 valence electrons. The van der Waals surface area contributed by atoms with Gasteiger partial charge in [0.25, 0.3) is 0 Å². The van der Waals surface area contributed by atoms with Crippen LogP contribution in [0.4, 0.5) is 0 Å². The van der Waals surface area contributed by atoms with Gasteiger partial charge in [-0.2, -0.15) is 0 Å². The number of hydrogen-bond donors (Lipinski definition) is 5. The first-order chi connectivity index (χ1) is 23.2. The molecule has 7 unspecified atom stereocenters. The Labute approximate surface area is 280 Å². The third-order valence-corrected chi connectivity index (χ3v) is 10.0. The lowest BCUT2D eigenvalue weighted by Gasteiger charge is -2.50. The van der Waals surface area contributed by atoms with Gasteiger partial charge in [0.2, 0.25) is 0 Å². The molecule has 4 fully saturated rings. The van der Waals surface area contributed by atoms with Crippen LogP contribution in [0.3, 0.4) is 0 Å². The fourth-order valence-electron chi connectivity index (χ4n) is 6.87. The van der Waals surface area contributed by atoms with Gasteiger partial charge >= 0.3 is 0 Å². The second-order valence-electron chi connectivity index (χ2n) is 13.2. The zero-order chi connectivity index (χ0) is 33.9. The number of aliphatic hydroxyl groups excluding tert-OH is 5. The van der Waals surface area contributed by atoms with Crippen molar-refractivity contribution in [2.75, 3.05) is 19.8 Å². The first-order valence-electron chi connectivity index (χ1n) is 16.7. The van der Waals surface area contributed by atoms with Crippen molar-refractivity contribution >= 4 is 0 Å². The number of ether oxygens (including phenoxy) is 8. The van der Waals surface area contributed by atoms with Crippen molar-refractivity contribution in [2.45, 2.75) is 113 Å². The van der Waals surface area contributed by atoms with E-state index in [1.54, 1.807) is 0 Å². The maximum absolute atomic E-state index is 11.3. The summed E-state index contributed by atoms with van der Waals surface area (Å²) in [6.07, 6.45) is -15.2. The molecule has 0 saturated carbocycles. The van der Waals surface area contributed by atoms with Crippen LogP contribution in [0.2, 0.25) is 0 Å². The summed E-state index contributed by atoms with van der Waals surface area (Å²) in [5, 5.41) is 54.7. The minimum Gasteiger partial charge on any atom is -0.394 e. The van der Waals surface area contributed by atoms with Crippen molar-refractivity contribution in [1.82, 2.24) is 0 Å². The number of rotatable bonds is 10. The van der Waals surface area contributed by atoms with E-state index in [0.29, 0.717) is 6.61 Å². The third kappa shape index (κ3) is 7.64. The predicted octanol–water partition coefficient (Wildman–Crippen LogP) is 1.03. The van der Waals surface area contributed by atoms with E-state index in [0.717, 1.165) is 11.1 Å². The predicted molar refractivity (Wildman–Crippen MR) is 167 cm³/mol. The molecule has 4 saturated heterocycles. The van der Waals surface area contributed by atoms with Crippen LogP contribution in [-0.2, 0) is 44.5 Å². The van der Waals surface area contributed by atoms with Crippen LogP contribution in [0.5, 0.6) is 0 Å². The molecule has 13 heteroatoms. The third-order valence-electron chi connectivity index (χ3n) is 10.0. The fraction of sp³-hybridized carbons (Fsp3) is 0.657. The van der Waals surface area contributed by atoms with E-state index >= 15 is 0 Å². The molecule has 0 aliphatic carbocycles. The zero-order valence-corrected chi connectivity index (χ0v) is 27.3. The normalized spacial score (nSPS) is 43.4. The van der Waals surface area contributed by atoms with Crippen molar-refractivity contribution in [3.63, 3.8) is 0 Å². The molecule has 0 radical (unpaired) electrons. The zero-order valence-electron chi connectivity index (χ0n) is 27.3. The molecule has 48 heavy (non-hydrogen) atoms. The van der Waals surface area contributed by atoms with Gasteiger partial charge in [-0.15, -0.1) is 0 Å². The van der Waals surface area contributed by atoms with E-state index in [-0.39, 0.29) is 31.2 Å². The van der Waals surface area contributed by atoms with E-state index in [1.807, 2.05) is 74.5 Å². The minimum absolute atomic E-state index is 0.0322. The molecule has 5 N–H and O–H groups in total. The van der Waals surface area contributed by atoms with Gasteiger partial charge in [-0.1, -0.05) is 74.5 Å². The van der Waals surface area contributed by atoms with Gasteiger partial charge in [-0.25, -0.2) is 0 Å². The first-order valence-corrected chi connectivity index (χ1v) is 16.7. The van der Waals surface area contributed by atoms with Crippen molar-refractivity contribution < 1.29 is 63.4 Å². The Kier molecular flexibility index (Phi) is 11.8. The fourth-order valence-corrected chi connectivity index (χ4v) is 6.87. The molecule has 16 atom stereocenters. The molecule has 0 amide bonds. The van der Waals surface area contributed by atoms with Gasteiger partial charge in [0, 0.05) is 5.56 Å². The summed E-state index contributed by atoms with van der Waals surface area (Å²) in [6.45, 7) is 6.12. The van der Waals surface area contributed by atoms with Crippen LogP contribution in [0, 0.1) is 11.8 Å². The van der Waals surface area contributed by atoms with Crippen molar-refractivity contribution in [2.24, 2.45) is 11.8 Å². The summed E-state index contributed by atoms with van der Waals surface area (Å²) < 4.78 is 48.2. The molecule has 4 heterocycles. The molecule has 2 aromatic rings. The van der Waals surface area contributed by atoms with E-state index in [4.69, 9.17) is 37.9 Å². The number of benzene rings is 2. The largest absolute Gasteiger partial charge is 0.394 e. The maximum Gasteiger partial charge on any atom is 0.187 e. The summed E-state index contributed by atoms with van der Waals surface area (Å²) in [5.41, 5.74) is 1.76. The highest BCUT2D eigenvalue weighted by Crippen LogP contribution is 2.38. The molecule has 13 nitrogen and oxygen atoms in total. The average molecular weight is 677 g/mol. The van der Waals surface area contributed by atoms with E-state index in [1.165, 1.54) is 0 Å². The van der Waals surface area contributed by atoms with Crippen LogP contribution < -0.4 is 0 Å². The second-order valence-corrected chi connectivity index (χ2v) is 13.2. The summed E-state index contributed by atoms with van der Waals surface area (Å²) in [6, 6.07) is 18.9. The molecular formula is C35H48O13. The molecule has 0 bridgehead atoms. The van der Waals surface area contributed by atoms with Gasteiger partial charge in [0.1, 0.15) is 54.9 Å². The summed E-state index contributed by atoms with van der Waals surface area (Å²) >= 11 is 0. The summed E-state index contributed by atoms with van der Waals surface area (Å²) in [5.74, 6) is 0.0712. The minimum atomic E-state index is -1.61. The maximum atomic E-state index is 11.3. The van der Waals surface area contributed by atoms with E-state index < -0.39 is 86.5 Å².